The maximum atomic E-state index is 12.5. The largest absolute Gasteiger partial charge is 0.480 e. The van der Waals surface area contributed by atoms with Crippen LogP contribution in [0.2, 0.25) is 10.0 Å². The molecule has 0 aliphatic carbocycles. The molecule has 2 amide bonds. The summed E-state index contributed by atoms with van der Waals surface area (Å²) in [7, 11) is 0. The Balaban J connectivity index is 2.09. The van der Waals surface area contributed by atoms with Crippen molar-refractivity contribution in [1.82, 2.24) is 10.2 Å². The molecular formula is C16H18Cl2N2O4. The van der Waals surface area contributed by atoms with E-state index in [0.29, 0.717) is 13.0 Å². The van der Waals surface area contributed by atoms with Gasteiger partial charge in [0.1, 0.15) is 12.1 Å². The first-order chi connectivity index (χ1) is 11.3. The average Bonchev–Trinajstić information content (AvgIpc) is 2.56. The quantitative estimate of drug-likeness (QED) is 0.850. The van der Waals surface area contributed by atoms with Crippen molar-refractivity contribution in [1.29, 1.82) is 0 Å². The van der Waals surface area contributed by atoms with Crippen LogP contribution in [-0.4, -0.2) is 46.4 Å². The van der Waals surface area contributed by atoms with Crippen LogP contribution in [0.4, 0.5) is 0 Å². The van der Waals surface area contributed by atoms with Crippen LogP contribution in [0, 0.1) is 0 Å². The lowest BCUT2D eigenvalue weighted by atomic mass is 10.0. The summed E-state index contributed by atoms with van der Waals surface area (Å²) in [5.41, 5.74) is 0.164. The fraction of sp³-hybridized carbons (Fsp3) is 0.438. The first kappa shape index (κ1) is 18.5. The summed E-state index contributed by atoms with van der Waals surface area (Å²) in [6, 6.07) is 2.93. The van der Waals surface area contributed by atoms with Gasteiger partial charge in [-0.2, -0.15) is 0 Å². The van der Waals surface area contributed by atoms with Crippen LogP contribution >= 0.6 is 23.2 Å². The summed E-state index contributed by atoms with van der Waals surface area (Å²) in [6.45, 7) is 1.89. The van der Waals surface area contributed by atoms with Gasteiger partial charge in [0.05, 0.1) is 15.6 Å². The van der Waals surface area contributed by atoms with Crippen molar-refractivity contribution in [2.24, 2.45) is 0 Å². The molecule has 6 nitrogen and oxygen atoms in total. The van der Waals surface area contributed by atoms with Crippen molar-refractivity contribution in [3.05, 3.63) is 33.8 Å². The molecule has 1 aromatic rings. The van der Waals surface area contributed by atoms with Gasteiger partial charge >= 0.3 is 5.97 Å². The summed E-state index contributed by atoms with van der Waals surface area (Å²) in [4.78, 5) is 37.4. The molecular weight excluding hydrogens is 355 g/mol. The second-order valence-corrected chi connectivity index (χ2v) is 6.46. The number of likely N-dealkylation sites (tertiary alicyclic amines) is 1. The van der Waals surface area contributed by atoms with Crippen molar-refractivity contribution in [3.63, 3.8) is 0 Å². The maximum absolute atomic E-state index is 12.5. The second-order valence-electron chi connectivity index (χ2n) is 5.68. The van der Waals surface area contributed by atoms with E-state index < -0.39 is 29.9 Å². The fourth-order valence-corrected chi connectivity index (χ4v) is 3.10. The molecule has 1 aromatic carbocycles. The number of nitrogens with one attached hydrogen (secondary N) is 1. The summed E-state index contributed by atoms with van der Waals surface area (Å²) >= 11 is 11.9. The Labute approximate surface area is 149 Å². The number of hydrogen-bond donors (Lipinski definition) is 2. The standard InChI is InChI=1S/C16H18Cl2N2O4/c1-9(15(22)20-8-3-2-7-12(20)16(23)24)19-14(21)10-5-4-6-11(17)13(10)18/h4-6,9,12H,2-3,7-8H2,1H3,(H,19,21)(H,23,24). The minimum atomic E-state index is -1.03. The number of amides is 2. The van der Waals surface area contributed by atoms with Crippen molar-refractivity contribution in [2.75, 3.05) is 6.54 Å². The van der Waals surface area contributed by atoms with Gasteiger partial charge in [-0.25, -0.2) is 4.79 Å². The van der Waals surface area contributed by atoms with E-state index in [1.54, 1.807) is 12.1 Å². The number of carbonyl (C=O) groups is 3. The van der Waals surface area contributed by atoms with E-state index in [9.17, 15) is 19.5 Å². The Kier molecular flexibility index (Phi) is 6.07. The van der Waals surface area contributed by atoms with E-state index >= 15 is 0 Å². The highest BCUT2D eigenvalue weighted by atomic mass is 35.5. The molecule has 1 fully saturated rings. The molecule has 2 N–H and O–H groups in total. The van der Waals surface area contributed by atoms with E-state index in [2.05, 4.69) is 5.32 Å². The Morgan fingerprint density at radius 2 is 2.00 bits per heavy atom. The average molecular weight is 373 g/mol. The summed E-state index contributed by atoms with van der Waals surface area (Å²) in [6.07, 6.45) is 1.93. The molecule has 0 saturated carbocycles. The van der Waals surface area contributed by atoms with Gasteiger partial charge in [-0.3, -0.25) is 9.59 Å². The Bertz CT molecular complexity index is 665. The molecule has 2 unspecified atom stereocenters. The number of rotatable bonds is 4. The topological polar surface area (TPSA) is 86.7 Å². The zero-order valence-corrected chi connectivity index (χ0v) is 14.6. The van der Waals surface area contributed by atoms with Crippen LogP contribution < -0.4 is 5.32 Å². The third-order valence-electron chi connectivity index (χ3n) is 3.99. The lowest BCUT2D eigenvalue weighted by molar-refractivity contribution is -0.152. The molecule has 2 atom stereocenters. The second kappa shape index (κ2) is 7.85. The molecule has 1 heterocycles. The molecule has 8 heteroatoms. The van der Waals surface area contributed by atoms with Gasteiger partial charge in [-0.15, -0.1) is 0 Å². The number of halogens is 2. The molecule has 1 saturated heterocycles. The normalized spacial score (nSPS) is 18.8. The predicted octanol–water partition coefficient (Wildman–Crippen LogP) is 2.58. The number of carboxylic acids is 1. The van der Waals surface area contributed by atoms with E-state index in [-0.39, 0.29) is 15.6 Å². The highest BCUT2D eigenvalue weighted by Crippen LogP contribution is 2.25. The zero-order chi connectivity index (χ0) is 17.9. The van der Waals surface area contributed by atoms with E-state index in [4.69, 9.17) is 23.2 Å². The van der Waals surface area contributed by atoms with Crippen LogP contribution in [-0.2, 0) is 9.59 Å². The van der Waals surface area contributed by atoms with Crippen LogP contribution in [0.3, 0.4) is 0 Å². The van der Waals surface area contributed by atoms with Crippen LogP contribution in [0.15, 0.2) is 18.2 Å². The van der Waals surface area contributed by atoms with Gasteiger partial charge in [0.2, 0.25) is 5.91 Å². The smallest absolute Gasteiger partial charge is 0.326 e. The molecule has 24 heavy (non-hydrogen) atoms. The minimum absolute atomic E-state index is 0.109. The summed E-state index contributed by atoms with van der Waals surface area (Å²) in [5, 5.41) is 12.2. The zero-order valence-electron chi connectivity index (χ0n) is 13.1. The number of hydrogen-bond acceptors (Lipinski definition) is 3. The van der Waals surface area contributed by atoms with Crippen molar-refractivity contribution >= 4 is 41.0 Å². The third-order valence-corrected chi connectivity index (χ3v) is 4.80. The fourth-order valence-electron chi connectivity index (χ4n) is 2.72. The first-order valence-electron chi connectivity index (χ1n) is 7.61. The Hall–Kier alpha value is -1.79. The molecule has 0 spiro atoms. The van der Waals surface area contributed by atoms with Crippen LogP contribution in [0.25, 0.3) is 0 Å². The van der Waals surface area contributed by atoms with E-state index in [0.717, 1.165) is 12.8 Å². The molecule has 0 bridgehead atoms. The van der Waals surface area contributed by atoms with Gasteiger partial charge < -0.3 is 15.3 Å². The van der Waals surface area contributed by atoms with Gasteiger partial charge in [-0.05, 0) is 38.3 Å². The molecule has 0 aromatic heterocycles. The monoisotopic (exact) mass is 372 g/mol. The summed E-state index contributed by atoms with van der Waals surface area (Å²) < 4.78 is 0. The molecule has 2 rings (SSSR count). The van der Waals surface area contributed by atoms with Gasteiger partial charge in [0, 0.05) is 6.54 Å². The number of carbonyl (C=O) groups excluding carboxylic acids is 2. The SMILES string of the molecule is CC(NC(=O)c1cccc(Cl)c1Cl)C(=O)N1CCCCC1C(=O)O. The molecule has 130 valence electrons. The van der Waals surface area contributed by atoms with Crippen molar-refractivity contribution in [2.45, 2.75) is 38.3 Å². The number of aliphatic carboxylic acids is 1. The van der Waals surface area contributed by atoms with E-state index in [1.807, 2.05) is 0 Å². The van der Waals surface area contributed by atoms with Crippen molar-refractivity contribution < 1.29 is 19.5 Å². The van der Waals surface area contributed by atoms with Gasteiger partial charge in [0.15, 0.2) is 0 Å². The lowest BCUT2D eigenvalue weighted by Gasteiger charge is -2.34. The van der Waals surface area contributed by atoms with Gasteiger partial charge in [-0.1, -0.05) is 29.3 Å². The summed E-state index contributed by atoms with van der Waals surface area (Å²) in [5.74, 6) is -1.99. The first-order valence-corrected chi connectivity index (χ1v) is 8.36. The molecule has 1 aliphatic rings. The Morgan fingerprint density at radius 1 is 1.29 bits per heavy atom. The minimum Gasteiger partial charge on any atom is -0.480 e. The highest BCUT2D eigenvalue weighted by Gasteiger charge is 2.34. The Morgan fingerprint density at radius 3 is 2.67 bits per heavy atom. The van der Waals surface area contributed by atoms with Gasteiger partial charge in [0.25, 0.3) is 5.91 Å². The van der Waals surface area contributed by atoms with Crippen LogP contribution in [0.5, 0.6) is 0 Å². The number of nitrogens with zero attached hydrogens (tertiary/aromatic N) is 1. The number of benzene rings is 1. The van der Waals surface area contributed by atoms with Crippen molar-refractivity contribution in [3.8, 4) is 0 Å². The number of carboxylic acid groups (broad SMARTS) is 1. The number of piperidine rings is 1. The predicted molar refractivity (Wildman–Crippen MR) is 90.4 cm³/mol. The van der Waals surface area contributed by atoms with Crippen LogP contribution in [0.1, 0.15) is 36.5 Å². The highest BCUT2D eigenvalue weighted by molar-refractivity contribution is 6.43. The lowest BCUT2D eigenvalue weighted by Crippen LogP contribution is -2.54. The van der Waals surface area contributed by atoms with E-state index in [1.165, 1.54) is 17.9 Å². The molecule has 1 aliphatic heterocycles. The molecule has 0 radical (unpaired) electrons. The third kappa shape index (κ3) is 3.99. The maximum Gasteiger partial charge on any atom is 0.326 e.